The summed E-state index contributed by atoms with van der Waals surface area (Å²) in [5.74, 6) is 0.547. The third-order valence-electron chi connectivity index (χ3n) is 5.30. The molecule has 0 atom stereocenters. The molecule has 3 aromatic carbocycles. The van der Waals surface area contributed by atoms with Crippen LogP contribution in [0, 0.1) is 5.82 Å². The Bertz CT molecular complexity index is 967. The fourth-order valence-electron chi connectivity index (χ4n) is 3.65. The second-order valence-corrected chi connectivity index (χ2v) is 7.20. The predicted molar refractivity (Wildman–Crippen MR) is 107 cm³/mol. The third kappa shape index (κ3) is 4.31. The normalized spacial score (nSPS) is 15.0. The number of hydrogen-bond acceptors (Lipinski definition) is 2. The molecule has 4 rings (SSSR count). The van der Waals surface area contributed by atoms with Crippen LogP contribution in [-0.4, -0.2) is 43.6 Å². The summed E-state index contributed by atoms with van der Waals surface area (Å²) < 4.78 is 19.5. The minimum atomic E-state index is -0.155. The highest BCUT2D eigenvalue weighted by Gasteiger charge is 2.24. The van der Waals surface area contributed by atoms with Crippen LogP contribution >= 0.6 is 0 Å². The van der Waals surface area contributed by atoms with Gasteiger partial charge in [0.2, 0.25) is 0 Å². The van der Waals surface area contributed by atoms with E-state index in [0.29, 0.717) is 25.4 Å². The van der Waals surface area contributed by atoms with Crippen LogP contribution in [0.3, 0.4) is 0 Å². The van der Waals surface area contributed by atoms with E-state index in [-0.39, 0.29) is 18.3 Å². The fourth-order valence-corrected chi connectivity index (χ4v) is 3.65. The van der Waals surface area contributed by atoms with Gasteiger partial charge in [0.1, 0.15) is 18.1 Å². The third-order valence-corrected chi connectivity index (χ3v) is 5.30. The molecule has 1 amide bonds. The summed E-state index contributed by atoms with van der Waals surface area (Å²) in [6.45, 7) is 3.67. The van der Waals surface area contributed by atoms with Gasteiger partial charge in [-0.05, 0) is 29.0 Å². The molecule has 144 valence electrons. The van der Waals surface area contributed by atoms with E-state index in [2.05, 4.69) is 0 Å². The largest absolute Gasteiger partial charge is 0.484 e. The highest BCUT2D eigenvalue weighted by molar-refractivity contribution is 5.84. The van der Waals surface area contributed by atoms with Gasteiger partial charge in [0.05, 0.1) is 26.2 Å². The van der Waals surface area contributed by atoms with Gasteiger partial charge in [-0.2, -0.15) is 0 Å². The summed E-state index contributed by atoms with van der Waals surface area (Å²) in [6, 6.07) is 20.8. The molecule has 0 aromatic heterocycles. The SMILES string of the molecule is O=C(COc1ccc2ccccc2c1)N1CC[NH+](Cc2ccccc2F)CC1. The molecule has 0 radical (unpaired) electrons. The van der Waals surface area contributed by atoms with Crippen LogP contribution in [0.4, 0.5) is 4.39 Å². The molecule has 1 heterocycles. The van der Waals surface area contributed by atoms with Crippen molar-refractivity contribution < 1.29 is 18.8 Å². The number of piperazine rings is 1. The van der Waals surface area contributed by atoms with Crippen LogP contribution in [0.5, 0.6) is 5.75 Å². The Balaban J connectivity index is 1.27. The number of halogens is 1. The van der Waals surface area contributed by atoms with E-state index in [0.717, 1.165) is 29.4 Å². The highest BCUT2D eigenvalue weighted by atomic mass is 19.1. The standard InChI is InChI=1S/C23H23FN2O2/c24-22-8-4-3-7-20(22)16-25-11-13-26(14-12-25)23(27)17-28-21-10-9-18-5-1-2-6-19(18)15-21/h1-10,15H,11-14,16-17H2/p+1. The van der Waals surface area contributed by atoms with E-state index >= 15 is 0 Å². The topological polar surface area (TPSA) is 34.0 Å². The Morgan fingerprint density at radius 2 is 1.68 bits per heavy atom. The Morgan fingerprint density at radius 1 is 0.964 bits per heavy atom. The lowest BCUT2D eigenvalue weighted by atomic mass is 10.1. The molecule has 0 bridgehead atoms. The van der Waals surface area contributed by atoms with Crippen molar-refractivity contribution in [2.45, 2.75) is 6.54 Å². The van der Waals surface area contributed by atoms with Gasteiger partial charge in [0.15, 0.2) is 6.61 Å². The number of fused-ring (bicyclic) bond motifs is 1. The molecule has 0 saturated carbocycles. The van der Waals surface area contributed by atoms with Crippen molar-refractivity contribution in [2.24, 2.45) is 0 Å². The molecule has 0 spiro atoms. The number of carbonyl (C=O) groups excluding carboxylic acids is 1. The van der Waals surface area contributed by atoms with Crippen LogP contribution in [0.25, 0.3) is 10.8 Å². The summed E-state index contributed by atoms with van der Waals surface area (Å²) in [7, 11) is 0. The molecule has 28 heavy (non-hydrogen) atoms. The Hall–Kier alpha value is -2.92. The fraction of sp³-hybridized carbons (Fsp3) is 0.261. The summed E-state index contributed by atoms with van der Waals surface area (Å²) in [4.78, 5) is 15.6. The molecule has 1 aliphatic heterocycles. The Kier molecular flexibility index (Phi) is 5.53. The molecule has 1 fully saturated rings. The monoisotopic (exact) mass is 379 g/mol. The van der Waals surface area contributed by atoms with Crippen LogP contribution in [0.1, 0.15) is 5.56 Å². The molecule has 1 saturated heterocycles. The number of nitrogens with one attached hydrogen (secondary N) is 1. The molecule has 3 aromatic rings. The summed E-state index contributed by atoms with van der Waals surface area (Å²) >= 11 is 0. The number of benzene rings is 3. The van der Waals surface area contributed by atoms with E-state index < -0.39 is 0 Å². The van der Waals surface area contributed by atoms with Gasteiger partial charge >= 0.3 is 0 Å². The van der Waals surface area contributed by atoms with E-state index in [4.69, 9.17) is 4.74 Å². The summed E-state index contributed by atoms with van der Waals surface area (Å²) in [5, 5.41) is 2.24. The van der Waals surface area contributed by atoms with Crippen LogP contribution in [0.2, 0.25) is 0 Å². The minimum Gasteiger partial charge on any atom is -0.484 e. The average molecular weight is 379 g/mol. The molecular formula is C23H24FN2O2+. The minimum absolute atomic E-state index is 0.00176. The maximum Gasteiger partial charge on any atom is 0.260 e. The first-order chi connectivity index (χ1) is 13.7. The van der Waals surface area contributed by atoms with Crippen molar-refractivity contribution in [1.29, 1.82) is 0 Å². The number of quaternary nitrogens is 1. The lowest BCUT2D eigenvalue weighted by molar-refractivity contribution is -0.917. The van der Waals surface area contributed by atoms with E-state index in [1.54, 1.807) is 6.07 Å². The maximum atomic E-state index is 13.8. The first-order valence-electron chi connectivity index (χ1n) is 9.65. The number of carbonyl (C=O) groups is 1. The Morgan fingerprint density at radius 3 is 2.46 bits per heavy atom. The van der Waals surface area contributed by atoms with Crippen LogP contribution in [0.15, 0.2) is 66.7 Å². The average Bonchev–Trinajstić information content (AvgIpc) is 2.74. The van der Waals surface area contributed by atoms with Gasteiger partial charge in [-0.3, -0.25) is 4.79 Å². The molecule has 5 heteroatoms. The second-order valence-electron chi connectivity index (χ2n) is 7.20. The molecule has 4 nitrogen and oxygen atoms in total. The number of rotatable bonds is 5. The zero-order valence-corrected chi connectivity index (χ0v) is 15.7. The molecule has 0 aliphatic carbocycles. The number of amides is 1. The van der Waals surface area contributed by atoms with Gasteiger partial charge in [0, 0.05) is 5.56 Å². The van der Waals surface area contributed by atoms with E-state index in [1.807, 2.05) is 59.5 Å². The molecule has 1 N–H and O–H groups in total. The predicted octanol–water partition coefficient (Wildman–Crippen LogP) is 2.29. The van der Waals surface area contributed by atoms with Gasteiger partial charge in [-0.15, -0.1) is 0 Å². The summed E-state index contributed by atoms with van der Waals surface area (Å²) in [6.07, 6.45) is 0. The maximum absolute atomic E-state index is 13.8. The smallest absolute Gasteiger partial charge is 0.260 e. The first-order valence-corrected chi connectivity index (χ1v) is 9.65. The summed E-state index contributed by atoms with van der Waals surface area (Å²) in [5.41, 5.74) is 0.733. The van der Waals surface area contributed by atoms with Crippen LogP contribution < -0.4 is 9.64 Å². The lowest BCUT2D eigenvalue weighted by Crippen LogP contribution is -3.13. The highest BCUT2D eigenvalue weighted by Crippen LogP contribution is 2.20. The van der Waals surface area contributed by atoms with Crippen molar-refractivity contribution in [3.63, 3.8) is 0 Å². The quantitative estimate of drug-likeness (QED) is 0.738. The molecule has 0 unspecified atom stereocenters. The van der Waals surface area contributed by atoms with Gasteiger partial charge in [-0.1, -0.05) is 48.5 Å². The van der Waals surface area contributed by atoms with Gasteiger partial charge in [0.25, 0.3) is 5.91 Å². The van der Waals surface area contributed by atoms with E-state index in [1.165, 1.54) is 11.0 Å². The van der Waals surface area contributed by atoms with Gasteiger partial charge in [-0.25, -0.2) is 4.39 Å². The van der Waals surface area contributed by atoms with Crippen LogP contribution in [-0.2, 0) is 11.3 Å². The van der Waals surface area contributed by atoms with Crippen molar-refractivity contribution >= 4 is 16.7 Å². The lowest BCUT2D eigenvalue weighted by Gasteiger charge is -2.32. The van der Waals surface area contributed by atoms with Crippen molar-refractivity contribution in [3.05, 3.63) is 78.1 Å². The number of ether oxygens (including phenoxy) is 1. The number of nitrogens with zero attached hydrogens (tertiary/aromatic N) is 1. The van der Waals surface area contributed by atoms with Crippen molar-refractivity contribution in [2.75, 3.05) is 32.8 Å². The zero-order chi connectivity index (χ0) is 19.3. The number of hydrogen-bond donors (Lipinski definition) is 1. The first kappa shape index (κ1) is 18.4. The van der Waals surface area contributed by atoms with Gasteiger partial charge < -0.3 is 14.5 Å². The zero-order valence-electron chi connectivity index (χ0n) is 15.7. The second kappa shape index (κ2) is 8.40. The van der Waals surface area contributed by atoms with Crippen molar-refractivity contribution in [3.8, 4) is 5.75 Å². The Labute approximate surface area is 164 Å². The molecular weight excluding hydrogens is 355 g/mol. The van der Waals surface area contributed by atoms with Crippen molar-refractivity contribution in [1.82, 2.24) is 4.90 Å². The molecule has 1 aliphatic rings. The van der Waals surface area contributed by atoms with E-state index in [9.17, 15) is 9.18 Å².